The molecule has 0 atom stereocenters. The Morgan fingerprint density at radius 1 is 1.09 bits per heavy atom. The van der Waals surface area contributed by atoms with Crippen LogP contribution >= 0.6 is 12.2 Å². The highest BCUT2D eigenvalue weighted by atomic mass is 32.1. The van der Waals surface area contributed by atoms with E-state index >= 15 is 4.39 Å². The van der Waals surface area contributed by atoms with Gasteiger partial charge in [-0.15, -0.1) is 0 Å². The minimum Gasteiger partial charge on any atom is -0.508 e. The number of aromatic nitrogens is 1. The number of aromatic hydroxyl groups is 1. The molecule has 0 saturated carbocycles. The Hall–Kier alpha value is -3.71. The lowest BCUT2D eigenvalue weighted by Crippen LogP contribution is -2.42. The van der Waals surface area contributed by atoms with Crippen LogP contribution in [0.15, 0.2) is 54.7 Å². The molecule has 5 nitrogen and oxygen atoms in total. The van der Waals surface area contributed by atoms with Crippen molar-refractivity contribution in [3.8, 4) is 22.9 Å². The molecule has 4 rings (SSSR count). The highest BCUT2D eigenvalue weighted by Gasteiger charge is 2.44. The molecular formula is C24H18F4N4OS. The van der Waals surface area contributed by atoms with E-state index in [-0.39, 0.29) is 18.1 Å². The second-order valence-electron chi connectivity index (χ2n) is 8.27. The Balaban J connectivity index is 1.69. The van der Waals surface area contributed by atoms with Crippen LogP contribution in [0.2, 0.25) is 0 Å². The maximum Gasteiger partial charge on any atom is 0.419 e. The zero-order valence-corrected chi connectivity index (χ0v) is 18.9. The van der Waals surface area contributed by atoms with E-state index in [1.165, 1.54) is 35.4 Å². The number of anilines is 2. The number of hydrogen-bond donors (Lipinski definition) is 1. The summed E-state index contributed by atoms with van der Waals surface area (Å²) in [4.78, 5) is 7.28. The molecule has 0 amide bonds. The van der Waals surface area contributed by atoms with E-state index in [1.54, 1.807) is 43.0 Å². The van der Waals surface area contributed by atoms with Gasteiger partial charge in [0.05, 0.1) is 29.7 Å². The number of nitrogens with zero attached hydrogens (tertiary/aromatic N) is 4. The van der Waals surface area contributed by atoms with Gasteiger partial charge in [0.2, 0.25) is 0 Å². The molecule has 1 aliphatic heterocycles. The van der Waals surface area contributed by atoms with Crippen molar-refractivity contribution in [1.29, 1.82) is 5.26 Å². The van der Waals surface area contributed by atoms with Crippen LogP contribution in [0.5, 0.6) is 5.75 Å². The maximum atomic E-state index is 15.0. The second kappa shape index (κ2) is 8.25. The number of rotatable bonds is 3. The SMILES string of the molecule is CC1(C)C(=S)N(c2cnc(C#N)c(C(F)(F)F)c2)CN1c1ccc(-c2ccc(O)cc2)c(F)c1. The van der Waals surface area contributed by atoms with Crippen molar-refractivity contribution in [2.24, 2.45) is 0 Å². The van der Waals surface area contributed by atoms with Gasteiger partial charge in [0.25, 0.3) is 0 Å². The molecule has 1 aliphatic rings. The molecule has 2 heterocycles. The van der Waals surface area contributed by atoms with Gasteiger partial charge in [0, 0.05) is 11.3 Å². The number of phenolic OH excluding ortho intramolecular Hbond substituents is 1. The fourth-order valence-electron chi connectivity index (χ4n) is 3.88. The number of pyridine rings is 1. The van der Waals surface area contributed by atoms with E-state index in [0.29, 0.717) is 21.8 Å². The summed E-state index contributed by atoms with van der Waals surface area (Å²) in [6.07, 6.45) is -3.58. The Kier molecular flexibility index (Phi) is 5.69. The van der Waals surface area contributed by atoms with Crippen molar-refractivity contribution >= 4 is 28.6 Å². The molecule has 0 bridgehead atoms. The van der Waals surface area contributed by atoms with Crippen LogP contribution in [-0.4, -0.2) is 27.3 Å². The van der Waals surface area contributed by atoms with E-state index in [2.05, 4.69) is 4.98 Å². The summed E-state index contributed by atoms with van der Waals surface area (Å²) in [5.74, 6) is -0.429. The molecule has 1 N–H and O–H groups in total. The number of nitriles is 1. The molecular weight excluding hydrogens is 468 g/mol. The summed E-state index contributed by atoms with van der Waals surface area (Å²) in [6.45, 7) is 3.65. The van der Waals surface area contributed by atoms with Crippen LogP contribution in [0.4, 0.5) is 28.9 Å². The third-order valence-electron chi connectivity index (χ3n) is 5.77. The molecule has 0 spiro atoms. The van der Waals surface area contributed by atoms with Crippen molar-refractivity contribution in [1.82, 2.24) is 4.98 Å². The lowest BCUT2D eigenvalue weighted by molar-refractivity contribution is -0.138. The first kappa shape index (κ1) is 23.4. The van der Waals surface area contributed by atoms with E-state index in [0.717, 1.165) is 6.07 Å². The van der Waals surface area contributed by atoms with Gasteiger partial charge in [-0.05, 0) is 55.8 Å². The largest absolute Gasteiger partial charge is 0.508 e. The van der Waals surface area contributed by atoms with Crippen LogP contribution in [0, 0.1) is 17.1 Å². The molecule has 0 radical (unpaired) electrons. The number of phenols is 1. The molecule has 3 aromatic rings. The number of halogens is 4. The third kappa shape index (κ3) is 4.03. The van der Waals surface area contributed by atoms with E-state index in [1.807, 2.05) is 0 Å². The molecule has 10 heteroatoms. The Morgan fingerprint density at radius 3 is 2.35 bits per heavy atom. The lowest BCUT2D eigenvalue weighted by Gasteiger charge is -2.31. The molecule has 1 fully saturated rings. The molecule has 174 valence electrons. The summed E-state index contributed by atoms with van der Waals surface area (Å²) in [7, 11) is 0. The smallest absolute Gasteiger partial charge is 0.419 e. The number of benzene rings is 2. The van der Waals surface area contributed by atoms with Gasteiger partial charge in [0.15, 0.2) is 5.69 Å². The van der Waals surface area contributed by atoms with Crippen LogP contribution in [0.3, 0.4) is 0 Å². The van der Waals surface area contributed by atoms with Crippen LogP contribution in [0.1, 0.15) is 25.1 Å². The van der Waals surface area contributed by atoms with Gasteiger partial charge in [-0.25, -0.2) is 9.37 Å². The summed E-state index contributed by atoms with van der Waals surface area (Å²) in [5.41, 5.74) is -1.18. The zero-order chi connectivity index (χ0) is 24.8. The van der Waals surface area contributed by atoms with E-state index in [4.69, 9.17) is 17.5 Å². The fourth-order valence-corrected chi connectivity index (χ4v) is 4.16. The average molecular weight is 486 g/mol. The van der Waals surface area contributed by atoms with E-state index < -0.39 is 28.8 Å². The van der Waals surface area contributed by atoms with Crippen molar-refractivity contribution in [2.45, 2.75) is 25.6 Å². The van der Waals surface area contributed by atoms with Gasteiger partial charge < -0.3 is 14.9 Å². The van der Waals surface area contributed by atoms with Gasteiger partial charge in [-0.3, -0.25) is 0 Å². The normalized spacial score (nSPS) is 15.5. The molecule has 1 saturated heterocycles. The minimum atomic E-state index is -4.75. The molecule has 0 unspecified atom stereocenters. The van der Waals surface area contributed by atoms with Crippen molar-refractivity contribution < 1.29 is 22.7 Å². The van der Waals surface area contributed by atoms with Crippen molar-refractivity contribution in [3.63, 3.8) is 0 Å². The topological polar surface area (TPSA) is 63.4 Å². The summed E-state index contributed by atoms with van der Waals surface area (Å²) in [5, 5.41) is 18.5. The second-order valence-corrected chi connectivity index (χ2v) is 8.66. The highest BCUT2D eigenvalue weighted by Crippen LogP contribution is 2.39. The Labute approximate surface area is 198 Å². The standard InChI is InChI=1S/C24H18F4N4OS/c1-23(2)22(34)31(16-9-19(24(26,27)28)21(11-29)30-12-16)13-32(23)15-5-8-18(20(25)10-15)14-3-6-17(33)7-4-14/h3-10,12,33H,13H2,1-2H3. The molecule has 2 aromatic carbocycles. The third-order valence-corrected chi connectivity index (χ3v) is 6.48. The van der Waals surface area contributed by atoms with E-state index in [9.17, 15) is 18.3 Å². The number of thiocarbonyl (C=S) groups is 1. The summed E-state index contributed by atoms with van der Waals surface area (Å²) >= 11 is 5.57. The monoisotopic (exact) mass is 486 g/mol. The maximum absolute atomic E-state index is 15.0. The lowest BCUT2D eigenvalue weighted by atomic mass is 10.0. The quantitative estimate of drug-likeness (QED) is 0.369. The number of hydrogen-bond acceptors (Lipinski definition) is 5. The highest BCUT2D eigenvalue weighted by molar-refractivity contribution is 7.80. The predicted octanol–water partition coefficient (Wildman–Crippen LogP) is 5.87. The van der Waals surface area contributed by atoms with Gasteiger partial charge in [-0.1, -0.05) is 24.4 Å². The molecule has 34 heavy (non-hydrogen) atoms. The van der Waals surface area contributed by atoms with Gasteiger partial charge in [-0.2, -0.15) is 18.4 Å². The minimum absolute atomic E-state index is 0.0642. The van der Waals surface area contributed by atoms with Gasteiger partial charge in [0.1, 0.15) is 22.6 Å². The zero-order valence-electron chi connectivity index (χ0n) is 18.1. The van der Waals surface area contributed by atoms with Crippen LogP contribution in [-0.2, 0) is 6.18 Å². The Morgan fingerprint density at radius 2 is 1.76 bits per heavy atom. The number of alkyl halides is 3. The predicted molar refractivity (Wildman–Crippen MR) is 124 cm³/mol. The van der Waals surface area contributed by atoms with Crippen molar-refractivity contribution in [3.05, 3.63) is 71.8 Å². The van der Waals surface area contributed by atoms with Crippen LogP contribution in [0.25, 0.3) is 11.1 Å². The first-order chi connectivity index (χ1) is 15.9. The summed E-state index contributed by atoms with van der Waals surface area (Å²) in [6, 6.07) is 13.1. The molecule has 1 aromatic heterocycles. The Bertz CT molecular complexity index is 1320. The summed E-state index contributed by atoms with van der Waals surface area (Å²) < 4.78 is 55.3. The van der Waals surface area contributed by atoms with Crippen molar-refractivity contribution in [2.75, 3.05) is 16.5 Å². The first-order valence-corrected chi connectivity index (χ1v) is 10.5. The van der Waals surface area contributed by atoms with Gasteiger partial charge >= 0.3 is 6.18 Å². The fraction of sp³-hybridized carbons (Fsp3) is 0.208. The average Bonchev–Trinajstić information content (AvgIpc) is 3.02. The molecule has 0 aliphatic carbocycles. The first-order valence-electron chi connectivity index (χ1n) is 10.1. The van der Waals surface area contributed by atoms with Crippen LogP contribution < -0.4 is 9.80 Å².